The van der Waals surface area contributed by atoms with Crippen LogP contribution in [0.15, 0.2) is 36.4 Å². The molecule has 0 saturated heterocycles. The van der Waals surface area contributed by atoms with Crippen LogP contribution in [0.25, 0.3) is 0 Å². The van der Waals surface area contributed by atoms with Crippen LogP contribution in [-0.2, 0) is 0 Å². The van der Waals surface area contributed by atoms with Gasteiger partial charge >= 0.3 is 0 Å². The molecule has 0 atom stereocenters. The van der Waals surface area contributed by atoms with Crippen molar-refractivity contribution in [1.29, 1.82) is 0 Å². The number of hydrogen-bond donors (Lipinski definition) is 1. The number of hydrogen-bond acceptors (Lipinski definition) is 6. The van der Waals surface area contributed by atoms with Crippen molar-refractivity contribution in [2.45, 2.75) is 0 Å². The van der Waals surface area contributed by atoms with Crippen molar-refractivity contribution in [3.05, 3.63) is 46.5 Å². The van der Waals surface area contributed by atoms with E-state index < -0.39 is 4.92 Å². The maximum atomic E-state index is 10.7. The predicted molar refractivity (Wildman–Crippen MR) is 77.1 cm³/mol. The Kier molecular flexibility index (Phi) is 4.13. The molecular formula is C14H14N2O5. The Morgan fingerprint density at radius 3 is 2.05 bits per heavy atom. The number of nitrogen functional groups attached to an aromatic ring is 1. The van der Waals surface area contributed by atoms with Gasteiger partial charge in [0.25, 0.3) is 5.69 Å². The fourth-order valence-corrected chi connectivity index (χ4v) is 1.71. The molecule has 0 bridgehead atoms. The molecule has 0 amide bonds. The summed E-state index contributed by atoms with van der Waals surface area (Å²) < 4.78 is 15.9. The number of benzene rings is 2. The van der Waals surface area contributed by atoms with Gasteiger partial charge in [-0.3, -0.25) is 10.1 Å². The second-order valence-electron chi connectivity index (χ2n) is 4.13. The molecule has 0 aliphatic heterocycles. The Hall–Kier alpha value is -2.96. The molecule has 0 radical (unpaired) electrons. The quantitative estimate of drug-likeness (QED) is 0.516. The zero-order chi connectivity index (χ0) is 15.4. The van der Waals surface area contributed by atoms with Crippen molar-refractivity contribution in [2.24, 2.45) is 0 Å². The summed E-state index contributed by atoms with van der Waals surface area (Å²) in [6.45, 7) is 0. The molecule has 0 heterocycles. The summed E-state index contributed by atoms with van der Waals surface area (Å²) in [7, 11) is 3.05. The number of rotatable bonds is 5. The van der Waals surface area contributed by atoms with Crippen molar-refractivity contribution in [2.75, 3.05) is 20.0 Å². The van der Waals surface area contributed by atoms with Crippen molar-refractivity contribution >= 4 is 11.4 Å². The number of nitrogens with zero attached hydrogens (tertiary/aromatic N) is 1. The van der Waals surface area contributed by atoms with Crippen LogP contribution in [0.4, 0.5) is 11.4 Å². The maximum Gasteiger partial charge on any atom is 0.271 e. The van der Waals surface area contributed by atoms with E-state index in [0.717, 1.165) is 0 Å². The van der Waals surface area contributed by atoms with Crippen molar-refractivity contribution < 1.29 is 19.1 Å². The van der Waals surface area contributed by atoms with E-state index in [4.69, 9.17) is 19.9 Å². The second kappa shape index (κ2) is 6.00. The molecule has 0 aliphatic rings. The summed E-state index contributed by atoms with van der Waals surface area (Å²) in [6.07, 6.45) is 0. The third-order valence-electron chi connectivity index (χ3n) is 2.76. The highest BCUT2D eigenvalue weighted by atomic mass is 16.6. The fraction of sp³-hybridized carbons (Fsp3) is 0.143. The van der Waals surface area contributed by atoms with E-state index in [1.807, 2.05) is 0 Å². The Morgan fingerprint density at radius 1 is 1.00 bits per heavy atom. The highest BCUT2D eigenvalue weighted by Crippen LogP contribution is 2.34. The summed E-state index contributed by atoms with van der Waals surface area (Å²) >= 11 is 0. The number of non-ortho nitro benzene ring substituents is 1. The fourth-order valence-electron chi connectivity index (χ4n) is 1.71. The first kappa shape index (κ1) is 14.4. The van der Waals surface area contributed by atoms with Crippen LogP contribution in [0.2, 0.25) is 0 Å². The molecule has 0 unspecified atom stereocenters. The van der Waals surface area contributed by atoms with Gasteiger partial charge in [-0.05, 0) is 6.07 Å². The Bertz CT molecular complexity index is 650. The van der Waals surface area contributed by atoms with Crippen LogP contribution in [-0.4, -0.2) is 19.1 Å². The molecule has 0 aromatic heterocycles. The van der Waals surface area contributed by atoms with E-state index in [1.54, 1.807) is 18.2 Å². The van der Waals surface area contributed by atoms with Crippen LogP contribution in [0.1, 0.15) is 0 Å². The molecule has 2 rings (SSSR count). The number of nitro benzene ring substituents is 1. The number of anilines is 1. The van der Waals surface area contributed by atoms with Crippen LogP contribution in [0.3, 0.4) is 0 Å². The standard InChI is InChI=1S/C14H14N2O5/c1-19-10-6-11(20-2)8-12(7-10)21-14-4-3-9(16(17)18)5-13(14)15/h3-8H,15H2,1-2H3. The van der Waals surface area contributed by atoms with Gasteiger partial charge in [-0.2, -0.15) is 0 Å². The number of nitro groups is 1. The zero-order valence-corrected chi connectivity index (χ0v) is 11.5. The van der Waals surface area contributed by atoms with Gasteiger partial charge in [-0.1, -0.05) is 0 Å². The van der Waals surface area contributed by atoms with Crippen LogP contribution in [0.5, 0.6) is 23.0 Å². The van der Waals surface area contributed by atoms with Gasteiger partial charge in [0.15, 0.2) is 5.75 Å². The lowest BCUT2D eigenvalue weighted by molar-refractivity contribution is -0.384. The Labute approximate surface area is 121 Å². The second-order valence-corrected chi connectivity index (χ2v) is 4.13. The van der Waals surface area contributed by atoms with E-state index in [0.29, 0.717) is 23.0 Å². The normalized spacial score (nSPS) is 10.0. The molecule has 2 aromatic rings. The lowest BCUT2D eigenvalue weighted by Gasteiger charge is -2.11. The third kappa shape index (κ3) is 3.33. The van der Waals surface area contributed by atoms with Gasteiger partial charge in [0.2, 0.25) is 0 Å². The van der Waals surface area contributed by atoms with E-state index in [1.165, 1.54) is 32.4 Å². The molecule has 0 fully saturated rings. The van der Waals surface area contributed by atoms with Crippen LogP contribution in [0, 0.1) is 10.1 Å². The monoisotopic (exact) mass is 290 g/mol. The van der Waals surface area contributed by atoms with Crippen LogP contribution >= 0.6 is 0 Å². The third-order valence-corrected chi connectivity index (χ3v) is 2.76. The number of methoxy groups -OCH3 is 2. The van der Waals surface area contributed by atoms with Gasteiger partial charge in [-0.25, -0.2) is 0 Å². The summed E-state index contributed by atoms with van der Waals surface area (Å²) in [4.78, 5) is 10.1. The van der Waals surface area contributed by atoms with Gasteiger partial charge in [0.05, 0.1) is 24.8 Å². The van der Waals surface area contributed by atoms with Crippen molar-refractivity contribution in [3.8, 4) is 23.0 Å². The minimum absolute atomic E-state index is 0.0944. The van der Waals surface area contributed by atoms with Gasteiger partial charge in [0.1, 0.15) is 17.2 Å². The molecule has 0 aliphatic carbocycles. The average molecular weight is 290 g/mol. The van der Waals surface area contributed by atoms with E-state index in [-0.39, 0.29) is 11.4 Å². The zero-order valence-electron chi connectivity index (χ0n) is 11.5. The first-order chi connectivity index (χ1) is 10.0. The largest absolute Gasteiger partial charge is 0.496 e. The first-order valence-electron chi connectivity index (χ1n) is 5.98. The molecule has 0 saturated carbocycles. The SMILES string of the molecule is COc1cc(OC)cc(Oc2ccc([N+](=O)[O-])cc2N)c1. The lowest BCUT2D eigenvalue weighted by Crippen LogP contribution is -1.96. The summed E-state index contributed by atoms with van der Waals surface area (Å²) in [5.41, 5.74) is 5.83. The van der Waals surface area contributed by atoms with E-state index in [2.05, 4.69) is 0 Å². The molecular weight excluding hydrogens is 276 g/mol. The number of nitrogens with two attached hydrogens (primary N) is 1. The average Bonchev–Trinajstić information content (AvgIpc) is 2.48. The summed E-state index contributed by atoms with van der Waals surface area (Å²) in [5.74, 6) is 1.89. The van der Waals surface area contributed by atoms with E-state index in [9.17, 15) is 10.1 Å². The van der Waals surface area contributed by atoms with E-state index >= 15 is 0 Å². The minimum Gasteiger partial charge on any atom is -0.496 e. The van der Waals surface area contributed by atoms with Gasteiger partial charge in [0, 0.05) is 30.3 Å². The Morgan fingerprint density at radius 2 is 1.57 bits per heavy atom. The van der Waals surface area contributed by atoms with Crippen molar-refractivity contribution in [1.82, 2.24) is 0 Å². The predicted octanol–water partition coefficient (Wildman–Crippen LogP) is 2.99. The molecule has 110 valence electrons. The molecule has 0 spiro atoms. The molecule has 7 heteroatoms. The van der Waals surface area contributed by atoms with Crippen LogP contribution < -0.4 is 19.9 Å². The first-order valence-corrected chi connectivity index (χ1v) is 5.98. The maximum absolute atomic E-state index is 10.7. The van der Waals surface area contributed by atoms with Gasteiger partial charge in [-0.15, -0.1) is 0 Å². The lowest BCUT2D eigenvalue weighted by atomic mass is 10.2. The molecule has 2 aromatic carbocycles. The minimum atomic E-state index is -0.519. The highest BCUT2D eigenvalue weighted by Gasteiger charge is 2.11. The highest BCUT2D eigenvalue weighted by molar-refractivity contribution is 5.59. The van der Waals surface area contributed by atoms with Crippen molar-refractivity contribution in [3.63, 3.8) is 0 Å². The molecule has 2 N–H and O–H groups in total. The van der Waals surface area contributed by atoms with Gasteiger partial charge < -0.3 is 19.9 Å². The smallest absolute Gasteiger partial charge is 0.271 e. The summed E-state index contributed by atoms with van der Waals surface area (Å²) in [6, 6.07) is 9.02. The Balaban J connectivity index is 2.31. The topological polar surface area (TPSA) is 96.8 Å². The molecule has 7 nitrogen and oxygen atoms in total. The number of ether oxygens (including phenoxy) is 3. The summed E-state index contributed by atoms with van der Waals surface area (Å²) in [5, 5.41) is 10.7. The molecule has 21 heavy (non-hydrogen) atoms.